The molecule has 1 aliphatic heterocycles. The van der Waals surface area contributed by atoms with E-state index in [1.165, 1.54) is 12.7 Å². The third-order valence-electron chi connectivity index (χ3n) is 4.37. The first kappa shape index (κ1) is 18.4. The third kappa shape index (κ3) is 3.46. The lowest BCUT2D eigenvalue weighted by atomic mass is 10.1. The summed E-state index contributed by atoms with van der Waals surface area (Å²) < 4.78 is 12.9. The van der Waals surface area contributed by atoms with Crippen molar-refractivity contribution in [1.82, 2.24) is 19.5 Å². The largest absolute Gasteiger partial charge is 0.471 e. The maximum Gasteiger partial charge on any atom is 0.245 e. The molecular weight excluding hydrogens is 395 g/mol. The fraction of sp³-hybridized carbons (Fsp3) is 0.353. The first-order chi connectivity index (χ1) is 12.9. The highest BCUT2D eigenvalue weighted by molar-refractivity contribution is 6.34. The van der Waals surface area contributed by atoms with Crippen LogP contribution in [0.5, 0.6) is 5.88 Å². The number of aliphatic hydroxyl groups excluding tert-OH is 2. The normalized spacial score (nSPS) is 25.2. The molecule has 0 bridgehead atoms. The molecule has 0 unspecified atom stereocenters. The van der Waals surface area contributed by atoms with Crippen molar-refractivity contribution in [1.29, 1.82) is 0 Å². The molecule has 0 saturated carbocycles. The topological polar surface area (TPSA) is 103 Å². The summed E-state index contributed by atoms with van der Waals surface area (Å²) in [5.41, 5.74) is 1.62. The van der Waals surface area contributed by atoms with Crippen LogP contribution in [0.1, 0.15) is 18.7 Å². The fourth-order valence-corrected chi connectivity index (χ4v) is 3.60. The molecule has 27 heavy (non-hydrogen) atoms. The lowest BCUT2D eigenvalue weighted by Crippen LogP contribution is -2.30. The van der Waals surface area contributed by atoms with E-state index in [1.807, 2.05) is 0 Å². The van der Waals surface area contributed by atoms with Gasteiger partial charge in [0.2, 0.25) is 5.88 Å². The van der Waals surface area contributed by atoms with Crippen LogP contribution in [-0.2, 0) is 11.3 Å². The van der Waals surface area contributed by atoms with Crippen LogP contribution in [0.25, 0.3) is 11.2 Å². The summed E-state index contributed by atoms with van der Waals surface area (Å²) >= 11 is 12.0. The van der Waals surface area contributed by atoms with Crippen LogP contribution in [0.2, 0.25) is 10.0 Å². The van der Waals surface area contributed by atoms with Crippen molar-refractivity contribution in [2.75, 3.05) is 0 Å². The summed E-state index contributed by atoms with van der Waals surface area (Å²) in [5.74, 6) is 0.274. The molecule has 1 aromatic carbocycles. The fourth-order valence-electron chi connectivity index (χ4n) is 3.03. The molecule has 3 heterocycles. The van der Waals surface area contributed by atoms with Crippen LogP contribution in [0.15, 0.2) is 30.9 Å². The summed E-state index contributed by atoms with van der Waals surface area (Å²) in [7, 11) is 0. The van der Waals surface area contributed by atoms with Crippen LogP contribution < -0.4 is 4.74 Å². The van der Waals surface area contributed by atoms with Gasteiger partial charge in [0.1, 0.15) is 25.1 Å². The van der Waals surface area contributed by atoms with Gasteiger partial charge in [0.05, 0.1) is 12.4 Å². The number of benzene rings is 1. The van der Waals surface area contributed by atoms with Gasteiger partial charge in [-0.15, -0.1) is 0 Å². The van der Waals surface area contributed by atoms with Crippen LogP contribution in [-0.4, -0.2) is 48.0 Å². The molecule has 1 saturated heterocycles. The number of fused-ring (bicyclic) bond motifs is 1. The van der Waals surface area contributed by atoms with Gasteiger partial charge < -0.3 is 19.7 Å². The Bertz CT molecular complexity index is 962. The predicted molar refractivity (Wildman–Crippen MR) is 97.7 cm³/mol. The van der Waals surface area contributed by atoms with Gasteiger partial charge in [0, 0.05) is 10.0 Å². The second-order valence-corrected chi connectivity index (χ2v) is 7.16. The van der Waals surface area contributed by atoms with Gasteiger partial charge in [-0.25, -0.2) is 9.97 Å². The highest BCUT2D eigenvalue weighted by Gasteiger charge is 2.42. The van der Waals surface area contributed by atoms with E-state index in [9.17, 15) is 10.2 Å². The highest BCUT2D eigenvalue weighted by atomic mass is 35.5. The van der Waals surface area contributed by atoms with Gasteiger partial charge in [-0.1, -0.05) is 23.2 Å². The second-order valence-electron chi connectivity index (χ2n) is 6.28. The van der Waals surface area contributed by atoms with E-state index < -0.39 is 24.5 Å². The minimum atomic E-state index is -1.09. The van der Waals surface area contributed by atoms with Crippen LogP contribution >= 0.6 is 23.2 Å². The number of nitrogens with zero attached hydrogens (tertiary/aromatic N) is 4. The summed E-state index contributed by atoms with van der Waals surface area (Å²) in [6.45, 7) is 1.88. The van der Waals surface area contributed by atoms with Crippen molar-refractivity contribution in [2.24, 2.45) is 0 Å². The zero-order valence-electron chi connectivity index (χ0n) is 14.2. The molecule has 142 valence electrons. The number of rotatable bonds is 4. The quantitative estimate of drug-likeness (QED) is 0.680. The molecule has 1 fully saturated rings. The Balaban J connectivity index is 1.61. The average molecular weight is 411 g/mol. The molecule has 3 aromatic rings. The van der Waals surface area contributed by atoms with E-state index in [0.29, 0.717) is 21.2 Å². The second kappa shape index (κ2) is 7.21. The van der Waals surface area contributed by atoms with Crippen molar-refractivity contribution < 1.29 is 19.7 Å². The first-order valence-corrected chi connectivity index (χ1v) is 8.96. The van der Waals surface area contributed by atoms with Crippen molar-refractivity contribution >= 4 is 34.4 Å². The minimum absolute atomic E-state index is 0.192. The molecular formula is C17H16Cl2N4O4. The highest BCUT2D eigenvalue weighted by Crippen LogP contribution is 2.32. The average Bonchev–Trinajstić information content (AvgIpc) is 3.16. The number of imidazole rings is 1. The number of aromatic nitrogens is 4. The van der Waals surface area contributed by atoms with Gasteiger partial charge in [-0.3, -0.25) is 4.57 Å². The van der Waals surface area contributed by atoms with Crippen molar-refractivity contribution in [3.8, 4) is 5.88 Å². The van der Waals surface area contributed by atoms with Crippen molar-refractivity contribution in [2.45, 2.75) is 38.1 Å². The first-order valence-electron chi connectivity index (χ1n) is 8.21. The Hall–Kier alpha value is -1.97. The molecule has 4 rings (SSSR count). The summed E-state index contributed by atoms with van der Waals surface area (Å²) in [4.78, 5) is 12.6. The van der Waals surface area contributed by atoms with Crippen LogP contribution in [0, 0.1) is 0 Å². The zero-order valence-corrected chi connectivity index (χ0v) is 15.7. The number of hydrogen-bond acceptors (Lipinski definition) is 7. The molecule has 1 aliphatic rings. The van der Waals surface area contributed by atoms with E-state index in [2.05, 4.69) is 15.0 Å². The van der Waals surface area contributed by atoms with Gasteiger partial charge in [0.25, 0.3) is 0 Å². The van der Waals surface area contributed by atoms with E-state index >= 15 is 0 Å². The molecule has 4 atom stereocenters. The van der Waals surface area contributed by atoms with Gasteiger partial charge in [0.15, 0.2) is 17.4 Å². The summed E-state index contributed by atoms with van der Waals surface area (Å²) in [5, 5.41) is 21.2. The smallest absolute Gasteiger partial charge is 0.245 e. The van der Waals surface area contributed by atoms with Gasteiger partial charge >= 0.3 is 0 Å². The Morgan fingerprint density at radius 2 is 1.85 bits per heavy atom. The van der Waals surface area contributed by atoms with Crippen molar-refractivity contribution in [3.05, 3.63) is 46.5 Å². The summed E-state index contributed by atoms with van der Waals surface area (Å²) in [6.07, 6.45) is -0.576. The Labute approximate surface area is 164 Å². The number of halogens is 2. The SMILES string of the molecule is C[C@H]1O[C@@H](n2cnc3c(OCc4cc(Cl)cc(Cl)c4)ncnc32)[C@H](O)[C@@H]1O. The van der Waals surface area contributed by atoms with Gasteiger partial charge in [-0.05, 0) is 30.7 Å². The summed E-state index contributed by atoms with van der Waals surface area (Å²) in [6, 6.07) is 5.13. The lowest BCUT2D eigenvalue weighted by Gasteiger charge is -2.16. The Kier molecular flexibility index (Phi) is 4.92. The number of hydrogen-bond donors (Lipinski definition) is 2. The Morgan fingerprint density at radius 1 is 1.11 bits per heavy atom. The molecule has 2 aromatic heterocycles. The predicted octanol–water partition coefficient (Wildman–Crippen LogP) is 2.35. The molecule has 0 spiro atoms. The number of aliphatic hydroxyl groups is 2. The van der Waals surface area contributed by atoms with E-state index in [1.54, 1.807) is 29.7 Å². The standard InChI is InChI=1S/C17H16Cl2N4O4/c1-8-13(24)14(25)17(27-8)23-7-22-12-15(23)20-6-21-16(12)26-5-9-2-10(18)4-11(19)3-9/h2-4,6-8,13-14,17,24-25H,5H2,1H3/t8-,13-,14-,17-/m1/s1. The minimum Gasteiger partial charge on any atom is -0.471 e. The van der Waals surface area contributed by atoms with E-state index in [4.69, 9.17) is 32.7 Å². The van der Waals surface area contributed by atoms with Crippen LogP contribution in [0.3, 0.4) is 0 Å². The molecule has 10 heteroatoms. The molecule has 2 N–H and O–H groups in total. The zero-order chi connectivity index (χ0) is 19.1. The monoisotopic (exact) mass is 410 g/mol. The maximum absolute atomic E-state index is 10.2. The molecule has 0 aliphatic carbocycles. The molecule has 8 nitrogen and oxygen atoms in total. The van der Waals surface area contributed by atoms with Crippen molar-refractivity contribution in [3.63, 3.8) is 0 Å². The molecule has 0 radical (unpaired) electrons. The number of ether oxygens (including phenoxy) is 2. The third-order valence-corrected chi connectivity index (χ3v) is 4.81. The van der Waals surface area contributed by atoms with E-state index in [0.717, 1.165) is 5.56 Å². The Morgan fingerprint density at radius 3 is 2.52 bits per heavy atom. The van der Waals surface area contributed by atoms with Crippen LogP contribution in [0.4, 0.5) is 0 Å². The van der Waals surface area contributed by atoms with E-state index in [-0.39, 0.29) is 12.5 Å². The molecule has 0 amide bonds. The van der Waals surface area contributed by atoms with Gasteiger partial charge in [-0.2, -0.15) is 4.98 Å². The lowest BCUT2D eigenvalue weighted by molar-refractivity contribution is -0.0299. The maximum atomic E-state index is 10.2.